The largest absolute Gasteiger partial charge is 0.450 e. The molecule has 27 heavy (non-hydrogen) atoms. The molecule has 0 amide bonds. The fraction of sp³-hybridized carbons (Fsp3) is 0.250. The zero-order valence-corrected chi connectivity index (χ0v) is 15.8. The summed E-state index contributed by atoms with van der Waals surface area (Å²) in [7, 11) is -3.33. The number of rotatable bonds is 1. The number of hydrogen-bond acceptors (Lipinski definition) is 5. The second kappa shape index (κ2) is 6.05. The highest BCUT2D eigenvalue weighted by Crippen LogP contribution is 2.36. The molecule has 5 nitrogen and oxygen atoms in total. The second-order valence-electron chi connectivity index (χ2n) is 6.08. The molecule has 0 fully saturated rings. The number of halogens is 4. The molecule has 0 atom stereocenters. The number of fused-ring (bicyclic) bond motifs is 3. The van der Waals surface area contributed by atoms with Gasteiger partial charge < -0.3 is 0 Å². The van der Waals surface area contributed by atoms with Crippen LogP contribution in [0.3, 0.4) is 0 Å². The molecule has 1 aliphatic heterocycles. The number of aryl methyl sites for hydroxylation is 1. The maximum atomic E-state index is 13.6. The molecule has 2 aromatic heterocycles. The molecular formula is C16H10ClF3N2O3S2. The number of benzene rings is 1. The van der Waals surface area contributed by atoms with Crippen molar-refractivity contribution in [3.05, 3.63) is 55.9 Å². The lowest BCUT2D eigenvalue weighted by Gasteiger charge is -2.15. The molecule has 0 radical (unpaired) electrons. The fourth-order valence-corrected chi connectivity index (χ4v) is 6.30. The molecule has 142 valence electrons. The molecule has 11 heteroatoms. The highest BCUT2D eigenvalue weighted by molar-refractivity contribution is 7.90. The Morgan fingerprint density at radius 3 is 2.67 bits per heavy atom. The normalized spacial score (nSPS) is 16.4. The highest BCUT2D eigenvalue weighted by atomic mass is 35.5. The van der Waals surface area contributed by atoms with Crippen LogP contribution in [0.1, 0.15) is 16.3 Å². The van der Waals surface area contributed by atoms with Gasteiger partial charge in [0.2, 0.25) is 5.82 Å². The average molecular weight is 435 g/mol. The summed E-state index contributed by atoms with van der Waals surface area (Å²) in [5, 5.41) is 0.212. The second-order valence-corrected chi connectivity index (χ2v) is 9.78. The lowest BCUT2D eigenvalue weighted by atomic mass is 10.1. The number of hydrogen-bond donors (Lipinski definition) is 0. The summed E-state index contributed by atoms with van der Waals surface area (Å²) in [5.41, 5.74) is -0.476. The van der Waals surface area contributed by atoms with E-state index in [9.17, 15) is 26.4 Å². The van der Waals surface area contributed by atoms with Crippen molar-refractivity contribution >= 4 is 43.0 Å². The quantitative estimate of drug-likeness (QED) is 0.587. The summed E-state index contributed by atoms with van der Waals surface area (Å²) in [6.45, 7) is 0. The van der Waals surface area contributed by atoms with Gasteiger partial charge in [0.1, 0.15) is 4.83 Å². The minimum atomic E-state index is -4.88. The summed E-state index contributed by atoms with van der Waals surface area (Å²) in [5.74, 6) is -1.81. The van der Waals surface area contributed by atoms with Crippen LogP contribution in [0.25, 0.3) is 15.9 Å². The molecule has 3 aromatic rings. The zero-order valence-electron chi connectivity index (χ0n) is 13.4. The summed E-state index contributed by atoms with van der Waals surface area (Å²) < 4.78 is 65.0. The SMILES string of the molecule is O=c1c2c3c(sc2nc(C(F)(F)F)n1-c1cccc(Cl)c1)CS(=O)(=O)CC3. The van der Waals surface area contributed by atoms with Gasteiger partial charge in [0.25, 0.3) is 5.56 Å². The molecule has 0 spiro atoms. The first kappa shape index (κ1) is 18.5. The third kappa shape index (κ3) is 3.15. The van der Waals surface area contributed by atoms with Crippen LogP contribution in [0.4, 0.5) is 13.2 Å². The van der Waals surface area contributed by atoms with Crippen molar-refractivity contribution < 1.29 is 21.6 Å². The van der Waals surface area contributed by atoms with E-state index >= 15 is 0 Å². The van der Waals surface area contributed by atoms with Gasteiger partial charge in [-0.15, -0.1) is 11.3 Å². The Balaban J connectivity index is 2.10. The van der Waals surface area contributed by atoms with Crippen molar-refractivity contribution in [3.63, 3.8) is 0 Å². The lowest BCUT2D eigenvalue weighted by molar-refractivity contribution is -0.146. The van der Waals surface area contributed by atoms with E-state index in [0.717, 1.165) is 11.3 Å². The smallest absolute Gasteiger partial charge is 0.268 e. The molecule has 1 aliphatic rings. The number of alkyl halides is 3. The first-order chi connectivity index (χ1) is 12.6. The van der Waals surface area contributed by atoms with E-state index in [2.05, 4.69) is 4.98 Å². The average Bonchev–Trinajstić information content (AvgIpc) is 2.90. The Morgan fingerprint density at radius 2 is 2.00 bits per heavy atom. The first-order valence-corrected chi connectivity index (χ1v) is 10.7. The van der Waals surface area contributed by atoms with E-state index in [1.165, 1.54) is 24.3 Å². The van der Waals surface area contributed by atoms with Gasteiger partial charge >= 0.3 is 6.18 Å². The van der Waals surface area contributed by atoms with E-state index < -0.39 is 27.4 Å². The zero-order chi connectivity index (χ0) is 19.6. The van der Waals surface area contributed by atoms with Crippen molar-refractivity contribution in [3.8, 4) is 5.69 Å². The maximum Gasteiger partial charge on any atom is 0.450 e. The van der Waals surface area contributed by atoms with Crippen LogP contribution in [-0.4, -0.2) is 23.7 Å². The van der Waals surface area contributed by atoms with Crippen LogP contribution in [0.15, 0.2) is 29.1 Å². The van der Waals surface area contributed by atoms with E-state index in [1.54, 1.807) is 0 Å². The minimum Gasteiger partial charge on any atom is -0.268 e. The van der Waals surface area contributed by atoms with Gasteiger partial charge in [-0.3, -0.25) is 9.36 Å². The van der Waals surface area contributed by atoms with E-state index in [0.29, 0.717) is 15.0 Å². The Labute approximate surface area is 160 Å². The van der Waals surface area contributed by atoms with Crippen LogP contribution >= 0.6 is 22.9 Å². The van der Waals surface area contributed by atoms with Crippen LogP contribution in [0, 0.1) is 0 Å². The standard InChI is InChI=1S/C16H10ClF3N2O3S2/c17-8-2-1-3-9(6-8)22-14(23)12-10-4-5-27(24,25)7-11(10)26-13(12)21-15(22)16(18,19)20/h1-3,6H,4-5,7H2. The predicted octanol–water partition coefficient (Wildman–Crippen LogP) is 3.59. The number of thiophene rings is 1. The van der Waals surface area contributed by atoms with Crippen LogP contribution in [0.2, 0.25) is 5.02 Å². The molecule has 0 bridgehead atoms. The van der Waals surface area contributed by atoms with Gasteiger partial charge in [-0.2, -0.15) is 13.2 Å². The topological polar surface area (TPSA) is 69.0 Å². The third-order valence-corrected chi connectivity index (χ3v) is 7.34. The van der Waals surface area contributed by atoms with Crippen LogP contribution < -0.4 is 5.56 Å². The van der Waals surface area contributed by atoms with Crippen molar-refractivity contribution in [1.29, 1.82) is 0 Å². The molecule has 3 heterocycles. The Kier molecular flexibility index (Phi) is 4.13. The van der Waals surface area contributed by atoms with Gasteiger partial charge in [0.05, 0.1) is 22.6 Å². The molecule has 4 rings (SSSR count). The maximum absolute atomic E-state index is 13.6. The van der Waals surface area contributed by atoms with E-state index in [1.807, 2.05) is 0 Å². The van der Waals surface area contributed by atoms with E-state index in [4.69, 9.17) is 11.6 Å². The summed E-state index contributed by atoms with van der Waals surface area (Å²) >= 11 is 6.70. The summed E-state index contributed by atoms with van der Waals surface area (Å²) in [6, 6.07) is 5.49. The Hall–Kier alpha value is -1.91. The van der Waals surface area contributed by atoms with Crippen molar-refractivity contribution in [2.75, 3.05) is 5.75 Å². The number of aromatic nitrogens is 2. The predicted molar refractivity (Wildman–Crippen MR) is 96.4 cm³/mol. The monoisotopic (exact) mass is 434 g/mol. The van der Waals surface area contributed by atoms with Gasteiger partial charge in [-0.1, -0.05) is 17.7 Å². The van der Waals surface area contributed by atoms with Crippen molar-refractivity contribution in [2.45, 2.75) is 18.3 Å². The van der Waals surface area contributed by atoms with Gasteiger partial charge in [-0.25, -0.2) is 13.4 Å². The number of nitrogens with zero attached hydrogens (tertiary/aromatic N) is 2. The first-order valence-electron chi connectivity index (χ1n) is 7.68. The molecule has 0 N–H and O–H groups in total. The molecule has 0 saturated carbocycles. The van der Waals surface area contributed by atoms with Crippen molar-refractivity contribution in [2.24, 2.45) is 0 Å². The minimum absolute atomic E-state index is 0.0397. The summed E-state index contributed by atoms with van der Waals surface area (Å²) in [4.78, 5) is 17.0. The Bertz CT molecular complexity index is 1250. The van der Waals surface area contributed by atoms with Crippen LogP contribution in [0.5, 0.6) is 0 Å². The number of sulfone groups is 1. The molecular weight excluding hydrogens is 425 g/mol. The van der Waals surface area contributed by atoms with E-state index in [-0.39, 0.29) is 38.9 Å². The molecule has 0 unspecified atom stereocenters. The molecule has 0 saturated heterocycles. The Morgan fingerprint density at radius 1 is 1.26 bits per heavy atom. The van der Waals surface area contributed by atoms with Crippen molar-refractivity contribution in [1.82, 2.24) is 9.55 Å². The highest BCUT2D eigenvalue weighted by Gasteiger charge is 2.39. The third-order valence-electron chi connectivity index (χ3n) is 4.24. The van der Waals surface area contributed by atoms with Gasteiger partial charge in [-0.05, 0) is 30.2 Å². The van der Waals surface area contributed by atoms with Gasteiger partial charge in [0.15, 0.2) is 9.84 Å². The van der Waals surface area contributed by atoms with Gasteiger partial charge in [0, 0.05) is 9.90 Å². The molecule has 0 aliphatic carbocycles. The molecule has 1 aromatic carbocycles. The lowest BCUT2D eigenvalue weighted by Crippen LogP contribution is -2.29. The summed E-state index contributed by atoms with van der Waals surface area (Å²) in [6.07, 6.45) is -4.80. The fourth-order valence-electron chi connectivity index (χ4n) is 3.11. The van der Waals surface area contributed by atoms with Crippen LogP contribution in [-0.2, 0) is 28.2 Å².